The van der Waals surface area contributed by atoms with Gasteiger partial charge in [0.15, 0.2) is 0 Å². The van der Waals surface area contributed by atoms with E-state index in [4.69, 9.17) is 4.74 Å². The summed E-state index contributed by atoms with van der Waals surface area (Å²) >= 11 is 0. The summed E-state index contributed by atoms with van der Waals surface area (Å²) in [6.45, 7) is 15.7. The largest absolute Gasteiger partial charge is 0.464 e. The van der Waals surface area contributed by atoms with Crippen molar-refractivity contribution in [1.29, 1.82) is 0 Å². The highest BCUT2D eigenvalue weighted by Gasteiger charge is 2.46. The van der Waals surface area contributed by atoms with Crippen LogP contribution >= 0.6 is 0 Å². The molecule has 0 spiro atoms. The summed E-state index contributed by atoms with van der Waals surface area (Å²) in [4.78, 5) is 81.8. The number of urea groups is 1. The fourth-order valence-corrected chi connectivity index (χ4v) is 6.62. The topological polar surface area (TPSA) is 163 Å². The van der Waals surface area contributed by atoms with Crippen LogP contribution in [0.4, 0.5) is 4.79 Å². The van der Waals surface area contributed by atoms with Gasteiger partial charge in [0.2, 0.25) is 17.6 Å². The molecule has 3 aliphatic rings. The van der Waals surface area contributed by atoms with Gasteiger partial charge in [-0.25, -0.2) is 9.59 Å². The number of amides is 5. The molecule has 0 aromatic rings. The summed E-state index contributed by atoms with van der Waals surface area (Å²) in [5.41, 5.74) is -0.748. The third kappa shape index (κ3) is 11.1. The molecule has 1 aliphatic heterocycles. The van der Waals surface area contributed by atoms with Crippen LogP contribution in [0.3, 0.4) is 0 Å². The fourth-order valence-electron chi connectivity index (χ4n) is 6.62. The second-order valence-corrected chi connectivity index (χ2v) is 15.3. The van der Waals surface area contributed by atoms with Crippen LogP contribution in [-0.2, 0) is 28.7 Å². The standard InChI is InChI=1S/C36H59N5O7/c1-8-13-26(29(42)32(44)37-18-9-2)38-31(43)27-19-25(22(3)4)20-41(27)33(45)30(36(5,6)7)40-35(47)39-28(24-14-11-10-12-15-24)34(46)48-21-23-16-17-23/h9,22-28,30H,2,8,10-21H2,1,3-7H3,(H,37,44)(H,38,43)(H2,39,40,47)/t25-,26?,27+,28+,30-/m1/s1. The van der Waals surface area contributed by atoms with Crippen molar-refractivity contribution in [3.63, 3.8) is 0 Å². The molecule has 12 nitrogen and oxygen atoms in total. The van der Waals surface area contributed by atoms with E-state index in [-0.39, 0.29) is 30.7 Å². The second-order valence-electron chi connectivity index (χ2n) is 15.3. The molecular weight excluding hydrogens is 614 g/mol. The molecule has 2 aliphatic carbocycles. The van der Waals surface area contributed by atoms with E-state index in [9.17, 15) is 28.8 Å². The zero-order valence-corrected chi connectivity index (χ0v) is 29.9. The lowest BCUT2D eigenvalue weighted by molar-refractivity contribution is -0.148. The maximum Gasteiger partial charge on any atom is 0.328 e. The van der Waals surface area contributed by atoms with Crippen LogP contribution in [0.25, 0.3) is 0 Å². The lowest BCUT2D eigenvalue weighted by Gasteiger charge is -2.36. The van der Waals surface area contributed by atoms with Gasteiger partial charge in [0.1, 0.15) is 18.1 Å². The third-order valence-electron chi connectivity index (χ3n) is 9.91. The minimum atomic E-state index is -1.04. The highest BCUT2D eigenvalue weighted by Crippen LogP contribution is 2.33. The maximum atomic E-state index is 14.4. The quantitative estimate of drug-likeness (QED) is 0.110. The Balaban J connectivity index is 1.79. The number of carbonyl (C=O) groups is 6. The number of ketones is 1. The molecule has 0 bridgehead atoms. The maximum absolute atomic E-state index is 14.4. The second kappa shape index (κ2) is 17.8. The molecule has 4 N–H and O–H groups in total. The zero-order chi connectivity index (χ0) is 35.6. The Hall–Kier alpha value is -3.44. The molecule has 2 saturated carbocycles. The number of ether oxygens (including phenoxy) is 1. The lowest BCUT2D eigenvalue weighted by atomic mass is 9.83. The number of nitrogens with zero attached hydrogens (tertiary/aromatic N) is 1. The fraction of sp³-hybridized carbons (Fsp3) is 0.778. The Morgan fingerprint density at radius 2 is 1.60 bits per heavy atom. The van der Waals surface area contributed by atoms with Crippen LogP contribution in [0.2, 0.25) is 0 Å². The van der Waals surface area contributed by atoms with E-state index in [1.54, 1.807) is 0 Å². The Bertz CT molecular complexity index is 1170. The summed E-state index contributed by atoms with van der Waals surface area (Å²) in [6, 6.07) is -4.41. The third-order valence-corrected chi connectivity index (χ3v) is 9.91. The molecule has 5 amide bonds. The van der Waals surface area contributed by atoms with Crippen LogP contribution in [0, 0.1) is 29.1 Å². The van der Waals surface area contributed by atoms with Gasteiger partial charge in [-0.1, -0.05) is 73.3 Å². The molecular formula is C36H59N5O7. The average molecular weight is 674 g/mol. The van der Waals surface area contributed by atoms with E-state index < -0.39 is 65.1 Å². The number of Topliss-reactive ketones (excluding diaryl/α,β-unsaturated/α-hetero) is 1. The van der Waals surface area contributed by atoms with Gasteiger partial charge in [-0.05, 0) is 67.6 Å². The molecule has 12 heteroatoms. The first-order valence-electron chi connectivity index (χ1n) is 17.9. The van der Waals surface area contributed by atoms with Crippen molar-refractivity contribution in [2.45, 2.75) is 130 Å². The molecule has 0 aromatic carbocycles. The minimum absolute atomic E-state index is 0.00674. The molecule has 270 valence electrons. The summed E-state index contributed by atoms with van der Waals surface area (Å²) < 4.78 is 5.60. The Morgan fingerprint density at radius 3 is 2.17 bits per heavy atom. The predicted octanol–water partition coefficient (Wildman–Crippen LogP) is 3.63. The van der Waals surface area contributed by atoms with E-state index in [2.05, 4.69) is 27.8 Å². The van der Waals surface area contributed by atoms with Gasteiger partial charge in [-0.3, -0.25) is 19.2 Å². The Kier molecular flexibility index (Phi) is 14.5. The van der Waals surface area contributed by atoms with Crippen molar-refractivity contribution in [3.8, 4) is 0 Å². The van der Waals surface area contributed by atoms with E-state index >= 15 is 0 Å². The molecule has 0 radical (unpaired) electrons. The number of carbonyl (C=O) groups excluding carboxylic acids is 6. The van der Waals surface area contributed by atoms with E-state index in [0.717, 1.165) is 44.9 Å². The van der Waals surface area contributed by atoms with Crippen molar-refractivity contribution in [1.82, 2.24) is 26.2 Å². The number of esters is 1. The van der Waals surface area contributed by atoms with Gasteiger partial charge in [0, 0.05) is 13.1 Å². The summed E-state index contributed by atoms with van der Waals surface area (Å²) in [7, 11) is 0. The van der Waals surface area contributed by atoms with Crippen LogP contribution in [0.5, 0.6) is 0 Å². The molecule has 0 aromatic heterocycles. The molecule has 48 heavy (non-hydrogen) atoms. The number of hydrogen-bond acceptors (Lipinski definition) is 7. The van der Waals surface area contributed by atoms with Gasteiger partial charge in [-0.15, -0.1) is 6.58 Å². The first-order valence-corrected chi connectivity index (χ1v) is 17.9. The van der Waals surface area contributed by atoms with E-state index in [1.807, 2.05) is 41.5 Å². The van der Waals surface area contributed by atoms with Gasteiger partial charge in [-0.2, -0.15) is 0 Å². The molecule has 3 rings (SSSR count). The van der Waals surface area contributed by atoms with Gasteiger partial charge < -0.3 is 30.9 Å². The first-order chi connectivity index (χ1) is 22.7. The van der Waals surface area contributed by atoms with Crippen molar-refractivity contribution in [2.24, 2.45) is 29.1 Å². The van der Waals surface area contributed by atoms with E-state index in [0.29, 0.717) is 31.9 Å². The monoisotopic (exact) mass is 673 g/mol. The number of likely N-dealkylation sites (tertiary alicyclic amines) is 1. The molecule has 5 atom stereocenters. The summed E-state index contributed by atoms with van der Waals surface area (Å²) in [6.07, 6.45) is 9.39. The highest BCUT2D eigenvalue weighted by molar-refractivity contribution is 6.38. The lowest BCUT2D eigenvalue weighted by Crippen LogP contribution is -2.61. The van der Waals surface area contributed by atoms with Crippen LogP contribution in [0.1, 0.15) is 106 Å². The molecule has 1 heterocycles. The molecule has 3 fully saturated rings. The summed E-state index contributed by atoms with van der Waals surface area (Å²) in [5.74, 6) is -2.41. The zero-order valence-electron chi connectivity index (χ0n) is 29.9. The Morgan fingerprint density at radius 1 is 0.938 bits per heavy atom. The van der Waals surface area contributed by atoms with Crippen LogP contribution < -0.4 is 21.3 Å². The van der Waals surface area contributed by atoms with Gasteiger partial charge in [0.25, 0.3) is 5.91 Å². The van der Waals surface area contributed by atoms with Crippen molar-refractivity contribution in [2.75, 3.05) is 19.7 Å². The van der Waals surface area contributed by atoms with Crippen molar-refractivity contribution >= 4 is 35.5 Å². The predicted molar refractivity (Wildman–Crippen MR) is 182 cm³/mol. The van der Waals surface area contributed by atoms with Crippen LogP contribution in [-0.4, -0.2) is 84.3 Å². The summed E-state index contributed by atoms with van der Waals surface area (Å²) in [5, 5.41) is 10.9. The van der Waals surface area contributed by atoms with Crippen LogP contribution in [0.15, 0.2) is 12.7 Å². The number of hydrogen-bond donors (Lipinski definition) is 4. The average Bonchev–Trinajstić information content (AvgIpc) is 3.77. The van der Waals surface area contributed by atoms with Crippen molar-refractivity contribution < 1.29 is 33.5 Å². The SMILES string of the molecule is C=CCNC(=O)C(=O)C(CCC)NC(=O)[C@@H]1C[C@@H](C(C)C)CN1C(=O)[C@@H](NC(=O)N[C@H](C(=O)OCC1CC1)C1CCCCC1)C(C)(C)C. The smallest absolute Gasteiger partial charge is 0.328 e. The number of rotatable bonds is 16. The van der Waals surface area contributed by atoms with Crippen molar-refractivity contribution in [3.05, 3.63) is 12.7 Å². The van der Waals surface area contributed by atoms with Gasteiger partial charge in [0.05, 0.1) is 12.6 Å². The molecule has 1 unspecified atom stereocenters. The Labute approximate surface area is 286 Å². The number of nitrogens with one attached hydrogen (secondary N) is 4. The van der Waals surface area contributed by atoms with E-state index in [1.165, 1.54) is 11.0 Å². The molecule has 1 saturated heterocycles. The highest BCUT2D eigenvalue weighted by atomic mass is 16.5. The first kappa shape index (κ1) is 39.0. The minimum Gasteiger partial charge on any atom is -0.464 e. The van der Waals surface area contributed by atoms with Gasteiger partial charge >= 0.3 is 12.0 Å². The normalized spacial score (nSPS) is 21.9.